The van der Waals surface area contributed by atoms with Crippen LogP contribution in [-0.4, -0.2) is 10.9 Å². The van der Waals surface area contributed by atoms with Gasteiger partial charge in [0.2, 0.25) is 0 Å². The summed E-state index contributed by atoms with van der Waals surface area (Å²) in [5, 5.41) is 4.64. The molecular formula is C11H10N2OS2. The van der Waals surface area contributed by atoms with E-state index in [2.05, 4.69) is 22.9 Å². The van der Waals surface area contributed by atoms with Crippen LogP contribution in [-0.2, 0) is 6.54 Å². The Bertz CT molecular complexity index is 482. The molecule has 0 aliphatic rings. The van der Waals surface area contributed by atoms with Crippen LogP contribution in [0.5, 0.6) is 0 Å². The van der Waals surface area contributed by atoms with Crippen LogP contribution in [0.3, 0.4) is 0 Å². The van der Waals surface area contributed by atoms with Gasteiger partial charge in [-0.1, -0.05) is 6.07 Å². The monoisotopic (exact) mass is 250 g/mol. The van der Waals surface area contributed by atoms with E-state index < -0.39 is 0 Å². The molecule has 2 heterocycles. The highest BCUT2D eigenvalue weighted by atomic mass is 32.1. The van der Waals surface area contributed by atoms with Crippen molar-refractivity contribution in [3.05, 3.63) is 46.4 Å². The number of nitrogens with zero attached hydrogens (tertiary/aromatic N) is 1. The minimum absolute atomic E-state index is 0.0871. The number of carbonyl (C=O) groups is 1. The number of pyridine rings is 1. The van der Waals surface area contributed by atoms with E-state index in [9.17, 15) is 4.79 Å². The third-order valence-corrected chi connectivity index (χ3v) is 3.33. The molecule has 2 aromatic rings. The van der Waals surface area contributed by atoms with E-state index >= 15 is 0 Å². The van der Waals surface area contributed by atoms with Crippen molar-refractivity contribution in [1.29, 1.82) is 0 Å². The molecule has 0 spiro atoms. The minimum Gasteiger partial charge on any atom is -0.346 e. The summed E-state index contributed by atoms with van der Waals surface area (Å²) >= 11 is 5.54. The van der Waals surface area contributed by atoms with Crippen LogP contribution in [0.25, 0.3) is 0 Å². The summed E-state index contributed by atoms with van der Waals surface area (Å²) in [4.78, 5) is 17.3. The molecule has 0 saturated heterocycles. The second kappa shape index (κ2) is 5.14. The van der Waals surface area contributed by atoms with Crippen molar-refractivity contribution in [3.63, 3.8) is 0 Å². The van der Waals surface area contributed by atoms with Gasteiger partial charge in [-0.25, -0.2) is 0 Å². The van der Waals surface area contributed by atoms with Crippen LogP contribution >= 0.6 is 24.0 Å². The van der Waals surface area contributed by atoms with Gasteiger partial charge in [-0.15, -0.1) is 24.0 Å². The normalized spacial score (nSPS) is 10.1. The zero-order valence-electron chi connectivity index (χ0n) is 8.38. The van der Waals surface area contributed by atoms with Gasteiger partial charge in [0.25, 0.3) is 5.91 Å². The van der Waals surface area contributed by atoms with E-state index in [1.807, 2.05) is 23.6 Å². The van der Waals surface area contributed by atoms with Crippen molar-refractivity contribution in [2.75, 3.05) is 0 Å². The largest absolute Gasteiger partial charge is 0.346 e. The first-order chi connectivity index (χ1) is 7.75. The Morgan fingerprint density at radius 2 is 2.38 bits per heavy atom. The minimum atomic E-state index is -0.0871. The van der Waals surface area contributed by atoms with Crippen molar-refractivity contribution < 1.29 is 4.79 Å². The van der Waals surface area contributed by atoms with Crippen LogP contribution in [0.1, 0.15) is 15.4 Å². The SMILES string of the molecule is O=C(NCc1ccccn1)c1cc(S)cs1. The smallest absolute Gasteiger partial charge is 0.261 e. The van der Waals surface area contributed by atoms with Crippen LogP contribution in [0.2, 0.25) is 0 Å². The summed E-state index contributed by atoms with van der Waals surface area (Å²) in [7, 11) is 0. The van der Waals surface area contributed by atoms with E-state index in [1.54, 1.807) is 12.3 Å². The van der Waals surface area contributed by atoms with Gasteiger partial charge in [-0.2, -0.15) is 0 Å². The lowest BCUT2D eigenvalue weighted by atomic mass is 10.3. The average molecular weight is 250 g/mol. The Morgan fingerprint density at radius 3 is 3.00 bits per heavy atom. The fourth-order valence-corrected chi connectivity index (χ4v) is 2.27. The number of aromatic nitrogens is 1. The summed E-state index contributed by atoms with van der Waals surface area (Å²) in [5.74, 6) is -0.0871. The van der Waals surface area contributed by atoms with E-state index in [0.29, 0.717) is 11.4 Å². The molecule has 0 radical (unpaired) electrons. The Balaban J connectivity index is 1.94. The van der Waals surface area contributed by atoms with E-state index in [0.717, 1.165) is 10.6 Å². The van der Waals surface area contributed by atoms with Crippen molar-refractivity contribution in [2.45, 2.75) is 11.4 Å². The van der Waals surface area contributed by atoms with Gasteiger partial charge in [0.15, 0.2) is 0 Å². The zero-order chi connectivity index (χ0) is 11.4. The molecule has 0 aliphatic heterocycles. The summed E-state index contributed by atoms with van der Waals surface area (Å²) in [6.07, 6.45) is 1.71. The quantitative estimate of drug-likeness (QED) is 0.821. The highest BCUT2D eigenvalue weighted by Gasteiger charge is 2.07. The van der Waals surface area contributed by atoms with Gasteiger partial charge in [0.1, 0.15) is 0 Å². The predicted octanol–water partition coefficient (Wildman–Crippen LogP) is 2.36. The van der Waals surface area contributed by atoms with Crippen LogP contribution in [0.4, 0.5) is 0 Å². The summed E-state index contributed by atoms with van der Waals surface area (Å²) < 4.78 is 0. The number of nitrogens with one attached hydrogen (secondary N) is 1. The molecule has 1 N–H and O–H groups in total. The molecule has 0 bridgehead atoms. The number of thiophene rings is 1. The molecule has 5 heteroatoms. The molecule has 0 aliphatic carbocycles. The van der Waals surface area contributed by atoms with Crippen LogP contribution < -0.4 is 5.32 Å². The molecule has 0 saturated carbocycles. The molecule has 1 amide bonds. The zero-order valence-corrected chi connectivity index (χ0v) is 10.1. The van der Waals surface area contributed by atoms with Gasteiger partial charge in [-0.05, 0) is 18.2 Å². The molecule has 2 rings (SSSR count). The topological polar surface area (TPSA) is 42.0 Å². The molecule has 3 nitrogen and oxygen atoms in total. The molecule has 0 aromatic carbocycles. The van der Waals surface area contributed by atoms with Gasteiger partial charge >= 0.3 is 0 Å². The molecule has 82 valence electrons. The Labute approximate surface area is 103 Å². The average Bonchev–Trinajstić information content (AvgIpc) is 2.74. The van der Waals surface area contributed by atoms with E-state index in [-0.39, 0.29) is 5.91 Å². The molecule has 0 unspecified atom stereocenters. The molecule has 0 atom stereocenters. The fourth-order valence-electron chi connectivity index (χ4n) is 1.21. The highest BCUT2D eigenvalue weighted by molar-refractivity contribution is 7.80. The molecule has 16 heavy (non-hydrogen) atoms. The van der Waals surface area contributed by atoms with E-state index in [4.69, 9.17) is 0 Å². The summed E-state index contributed by atoms with van der Waals surface area (Å²) in [6.45, 7) is 0.444. The van der Waals surface area contributed by atoms with Gasteiger partial charge < -0.3 is 5.32 Å². The predicted molar refractivity (Wildman–Crippen MR) is 67.0 cm³/mol. The van der Waals surface area contributed by atoms with Gasteiger partial charge in [0.05, 0.1) is 17.1 Å². The summed E-state index contributed by atoms with van der Waals surface area (Å²) in [5.41, 5.74) is 0.846. The van der Waals surface area contributed by atoms with E-state index in [1.165, 1.54) is 11.3 Å². The van der Waals surface area contributed by atoms with Crippen LogP contribution in [0, 0.1) is 0 Å². The van der Waals surface area contributed by atoms with Crippen molar-refractivity contribution in [3.8, 4) is 0 Å². The molecule has 0 fully saturated rings. The lowest BCUT2D eigenvalue weighted by molar-refractivity contribution is 0.0954. The lowest BCUT2D eigenvalue weighted by Crippen LogP contribution is -2.22. The Hall–Kier alpha value is -1.33. The van der Waals surface area contributed by atoms with Crippen molar-refractivity contribution in [1.82, 2.24) is 10.3 Å². The third kappa shape index (κ3) is 2.84. The number of rotatable bonds is 3. The second-order valence-electron chi connectivity index (χ2n) is 3.17. The first-order valence-electron chi connectivity index (χ1n) is 4.71. The van der Waals surface area contributed by atoms with Crippen LogP contribution in [0.15, 0.2) is 40.7 Å². The second-order valence-corrected chi connectivity index (χ2v) is 4.60. The maximum absolute atomic E-state index is 11.7. The first kappa shape index (κ1) is 11.2. The van der Waals surface area contributed by atoms with Crippen molar-refractivity contribution in [2.24, 2.45) is 0 Å². The highest BCUT2D eigenvalue weighted by Crippen LogP contribution is 2.17. The number of hydrogen-bond donors (Lipinski definition) is 2. The number of amides is 1. The number of hydrogen-bond acceptors (Lipinski definition) is 4. The Kier molecular flexibility index (Phi) is 3.58. The standard InChI is InChI=1S/C11H10N2OS2/c14-11(10-5-9(15)7-16-10)13-6-8-3-1-2-4-12-8/h1-5,7,15H,6H2,(H,13,14). The summed E-state index contributed by atoms with van der Waals surface area (Å²) in [6, 6.07) is 7.36. The van der Waals surface area contributed by atoms with Gasteiger partial charge in [-0.3, -0.25) is 9.78 Å². The number of thiol groups is 1. The molecule has 2 aromatic heterocycles. The third-order valence-electron chi connectivity index (χ3n) is 1.97. The molecular weight excluding hydrogens is 240 g/mol. The maximum Gasteiger partial charge on any atom is 0.261 e. The number of carbonyl (C=O) groups excluding carboxylic acids is 1. The first-order valence-corrected chi connectivity index (χ1v) is 6.04. The van der Waals surface area contributed by atoms with Crippen molar-refractivity contribution >= 4 is 29.9 Å². The fraction of sp³-hybridized carbons (Fsp3) is 0.0909. The van der Waals surface area contributed by atoms with Gasteiger partial charge in [0, 0.05) is 16.5 Å². The maximum atomic E-state index is 11.7. The lowest BCUT2D eigenvalue weighted by Gasteiger charge is -2.02. The Morgan fingerprint density at radius 1 is 1.50 bits per heavy atom.